The zero-order valence-corrected chi connectivity index (χ0v) is 22.1. The van der Waals surface area contributed by atoms with Crippen molar-refractivity contribution in [2.45, 2.75) is 32.2 Å². The topological polar surface area (TPSA) is 37.7 Å². The fourth-order valence-electron chi connectivity index (χ4n) is 4.19. The Labute approximate surface area is 217 Å². The quantitative estimate of drug-likeness (QED) is 0.243. The van der Waals surface area contributed by atoms with Crippen LogP contribution in [0, 0.1) is 5.82 Å². The number of hydrogen-bond donors (Lipinski definition) is 0. The van der Waals surface area contributed by atoms with Crippen molar-refractivity contribution in [3.63, 3.8) is 0 Å². The number of thiazole rings is 1. The van der Waals surface area contributed by atoms with Crippen LogP contribution in [-0.2, 0) is 0 Å². The Kier molecular flexibility index (Phi) is 6.71. The van der Waals surface area contributed by atoms with E-state index in [0.717, 1.165) is 44.3 Å². The second kappa shape index (κ2) is 9.91. The number of benzene rings is 3. The van der Waals surface area contributed by atoms with E-state index in [1.807, 2.05) is 28.6 Å². The van der Waals surface area contributed by atoms with Crippen LogP contribution in [0.25, 0.3) is 11.3 Å². The molecule has 178 valence electrons. The molecule has 3 aromatic carbocycles. The highest BCUT2D eigenvalue weighted by atomic mass is 79.9. The van der Waals surface area contributed by atoms with Gasteiger partial charge >= 0.3 is 0 Å². The van der Waals surface area contributed by atoms with Gasteiger partial charge in [0.15, 0.2) is 0 Å². The Morgan fingerprint density at radius 2 is 1.74 bits per heavy atom. The first-order valence-corrected chi connectivity index (χ1v) is 13.1. The van der Waals surface area contributed by atoms with Gasteiger partial charge in [-0.15, -0.1) is 11.3 Å². The van der Waals surface area contributed by atoms with Gasteiger partial charge in [0.2, 0.25) is 5.13 Å². The third-order valence-electron chi connectivity index (χ3n) is 6.21. The van der Waals surface area contributed by atoms with Crippen molar-refractivity contribution in [2.75, 3.05) is 12.1 Å². The molecule has 4 aromatic rings. The lowest BCUT2D eigenvalue weighted by Crippen LogP contribution is -2.18. The van der Waals surface area contributed by atoms with E-state index in [4.69, 9.17) is 14.8 Å². The molecule has 0 radical (unpaired) electrons. The van der Waals surface area contributed by atoms with Crippen molar-refractivity contribution in [1.29, 1.82) is 0 Å². The third-order valence-corrected chi connectivity index (χ3v) is 7.66. The minimum Gasteiger partial charge on any atom is -0.496 e. The first-order valence-electron chi connectivity index (χ1n) is 11.4. The average molecular weight is 550 g/mol. The number of rotatable bonds is 6. The van der Waals surface area contributed by atoms with Crippen LogP contribution in [0.2, 0.25) is 0 Å². The summed E-state index contributed by atoms with van der Waals surface area (Å²) in [7, 11) is 1.65. The summed E-state index contributed by atoms with van der Waals surface area (Å²) in [5, 5.41) is 9.85. The lowest BCUT2D eigenvalue weighted by atomic mass is 9.95. The van der Waals surface area contributed by atoms with Gasteiger partial charge < -0.3 is 4.74 Å². The number of methoxy groups -OCH3 is 1. The predicted octanol–water partition coefficient (Wildman–Crippen LogP) is 8.20. The van der Waals surface area contributed by atoms with E-state index in [2.05, 4.69) is 54.0 Å². The molecule has 0 saturated carbocycles. The Hall–Kier alpha value is -3.03. The van der Waals surface area contributed by atoms with Crippen LogP contribution in [-0.4, -0.2) is 17.8 Å². The van der Waals surface area contributed by atoms with Gasteiger partial charge in [-0.25, -0.2) is 14.4 Å². The maximum atomic E-state index is 13.5. The van der Waals surface area contributed by atoms with E-state index >= 15 is 0 Å². The van der Waals surface area contributed by atoms with Crippen LogP contribution >= 0.6 is 27.3 Å². The average Bonchev–Trinajstić information content (AvgIpc) is 3.52. The standard InChI is InChI=1S/C28H25BrFN3OS/c1-17(2)18-4-6-20(7-5-18)26-15-24(19-8-11-22(30)12-9-19)32-33(26)28-31-25(16-35-28)21-10-13-27(34-3)23(29)14-21/h4-14,16-17,26H,15H2,1-3H3/t26-/m0/s1. The first kappa shape index (κ1) is 23.7. The Bertz CT molecular complexity index is 1370. The van der Waals surface area contributed by atoms with Gasteiger partial charge in [0.25, 0.3) is 0 Å². The predicted molar refractivity (Wildman–Crippen MR) is 145 cm³/mol. The fourth-order valence-corrected chi connectivity index (χ4v) is 5.57. The van der Waals surface area contributed by atoms with Crippen molar-refractivity contribution >= 4 is 38.1 Å². The van der Waals surface area contributed by atoms with Gasteiger partial charge in [-0.2, -0.15) is 5.10 Å². The van der Waals surface area contributed by atoms with Gasteiger partial charge in [-0.1, -0.05) is 50.2 Å². The molecular formula is C28H25BrFN3OS. The third kappa shape index (κ3) is 4.88. The molecule has 0 spiro atoms. The number of ether oxygens (including phenoxy) is 1. The Morgan fingerprint density at radius 3 is 2.40 bits per heavy atom. The molecule has 35 heavy (non-hydrogen) atoms. The van der Waals surface area contributed by atoms with Crippen LogP contribution in [0.15, 0.2) is 81.7 Å². The van der Waals surface area contributed by atoms with E-state index in [9.17, 15) is 4.39 Å². The molecular weight excluding hydrogens is 525 g/mol. The maximum absolute atomic E-state index is 13.5. The minimum absolute atomic E-state index is 0.0119. The van der Waals surface area contributed by atoms with Crippen molar-refractivity contribution in [3.8, 4) is 17.0 Å². The number of nitrogens with zero attached hydrogens (tertiary/aromatic N) is 3. The van der Waals surface area contributed by atoms with Gasteiger partial charge in [-0.05, 0) is 68.9 Å². The van der Waals surface area contributed by atoms with Gasteiger partial charge in [-0.3, -0.25) is 0 Å². The number of hydrazone groups is 1. The number of halogens is 2. The number of anilines is 1. The van der Waals surface area contributed by atoms with Crippen LogP contribution in [0.3, 0.4) is 0 Å². The van der Waals surface area contributed by atoms with Crippen LogP contribution in [0.1, 0.15) is 48.9 Å². The zero-order valence-electron chi connectivity index (χ0n) is 19.7. The minimum atomic E-state index is -0.250. The summed E-state index contributed by atoms with van der Waals surface area (Å²) in [5.41, 5.74) is 6.21. The molecule has 0 fully saturated rings. The Morgan fingerprint density at radius 1 is 1.03 bits per heavy atom. The molecule has 0 amide bonds. The lowest BCUT2D eigenvalue weighted by Gasteiger charge is -2.21. The monoisotopic (exact) mass is 549 g/mol. The van der Waals surface area contributed by atoms with Crippen LogP contribution < -0.4 is 9.75 Å². The molecule has 1 aromatic heterocycles. The highest BCUT2D eigenvalue weighted by Crippen LogP contribution is 2.40. The lowest BCUT2D eigenvalue weighted by molar-refractivity contribution is 0.412. The SMILES string of the molecule is COc1ccc(-c2csc(N3N=C(c4ccc(F)cc4)C[C@H]3c3ccc(C(C)C)cc3)n2)cc1Br. The highest BCUT2D eigenvalue weighted by molar-refractivity contribution is 9.10. The van der Waals surface area contributed by atoms with Gasteiger partial charge in [0.05, 0.1) is 29.0 Å². The van der Waals surface area contributed by atoms with E-state index in [1.165, 1.54) is 23.3 Å². The summed E-state index contributed by atoms with van der Waals surface area (Å²) in [6.45, 7) is 4.39. The van der Waals surface area contributed by atoms with Crippen molar-refractivity contribution in [2.24, 2.45) is 5.10 Å². The van der Waals surface area contributed by atoms with E-state index in [-0.39, 0.29) is 11.9 Å². The molecule has 0 aliphatic carbocycles. The molecule has 0 saturated heterocycles. The summed E-state index contributed by atoms with van der Waals surface area (Å²) in [4.78, 5) is 4.94. The second-order valence-electron chi connectivity index (χ2n) is 8.80. The van der Waals surface area contributed by atoms with E-state index < -0.39 is 0 Å². The molecule has 1 atom stereocenters. The van der Waals surface area contributed by atoms with E-state index in [0.29, 0.717) is 5.92 Å². The molecule has 4 nitrogen and oxygen atoms in total. The van der Waals surface area contributed by atoms with Crippen molar-refractivity contribution in [3.05, 3.63) is 99.1 Å². The summed E-state index contributed by atoms with van der Waals surface area (Å²) in [5.74, 6) is 1.00. The summed E-state index contributed by atoms with van der Waals surface area (Å²) in [6, 6.07) is 21.3. The molecule has 0 N–H and O–H groups in total. The fraction of sp³-hybridized carbons (Fsp3) is 0.214. The second-order valence-corrected chi connectivity index (χ2v) is 10.5. The molecule has 7 heteroatoms. The highest BCUT2D eigenvalue weighted by Gasteiger charge is 2.32. The summed E-state index contributed by atoms with van der Waals surface area (Å²) in [6.07, 6.45) is 0.718. The van der Waals surface area contributed by atoms with Crippen LogP contribution in [0.4, 0.5) is 9.52 Å². The summed E-state index contributed by atoms with van der Waals surface area (Å²) >= 11 is 5.13. The smallest absolute Gasteiger partial charge is 0.207 e. The van der Waals surface area contributed by atoms with E-state index in [1.54, 1.807) is 30.6 Å². The van der Waals surface area contributed by atoms with Crippen molar-refractivity contribution in [1.82, 2.24) is 4.98 Å². The molecule has 1 aliphatic rings. The molecule has 0 unspecified atom stereocenters. The number of aromatic nitrogens is 1. The van der Waals surface area contributed by atoms with Gasteiger partial charge in [0, 0.05) is 17.4 Å². The van der Waals surface area contributed by atoms with Crippen molar-refractivity contribution < 1.29 is 9.13 Å². The Balaban J connectivity index is 1.51. The van der Waals surface area contributed by atoms with Gasteiger partial charge in [0.1, 0.15) is 11.6 Å². The number of hydrogen-bond acceptors (Lipinski definition) is 5. The van der Waals surface area contributed by atoms with Crippen LogP contribution in [0.5, 0.6) is 5.75 Å². The maximum Gasteiger partial charge on any atom is 0.207 e. The molecule has 0 bridgehead atoms. The first-order chi connectivity index (χ1) is 16.9. The molecule has 5 rings (SSSR count). The normalized spacial score (nSPS) is 15.5. The molecule has 1 aliphatic heterocycles. The summed E-state index contributed by atoms with van der Waals surface area (Å²) < 4.78 is 19.8. The molecule has 2 heterocycles. The largest absolute Gasteiger partial charge is 0.496 e. The zero-order chi connectivity index (χ0) is 24.5.